The van der Waals surface area contributed by atoms with Crippen LogP contribution in [0, 0.1) is 0 Å². The van der Waals surface area contributed by atoms with E-state index in [2.05, 4.69) is 27.3 Å². The minimum atomic E-state index is -5.08. The summed E-state index contributed by atoms with van der Waals surface area (Å²) in [7, 11) is 0. The molecular formula is C19H19F3N4O2. The molecular weight excluding hydrogens is 373 g/mol. The molecule has 6 nitrogen and oxygen atoms in total. The van der Waals surface area contributed by atoms with Crippen LogP contribution in [-0.4, -0.2) is 37.0 Å². The van der Waals surface area contributed by atoms with Crippen molar-refractivity contribution in [1.29, 1.82) is 0 Å². The van der Waals surface area contributed by atoms with E-state index < -0.39 is 12.1 Å². The number of rotatable bonds is 3. The van der Waals surface area contributed by atoms with Gasteiger partial charge in [0.2, 0.25) is 0 Å². The number of aliphatic carboxylic acids is 1. The lowest BCUT2D eigenvalue weighted by atomic mass is 9.95. The molecule has 0 saturated heterocycles. The number of allylic oxidation sites excluding steroid dienone is 2. The number of hydrogen-bond donors (Lipinski definition) is 2. The number of aromatic nitrogens is 4. The molecule has 9 heteroatoms. The van der Waals surface area contributed by atoms with Crippen molar-refractivity contribution in [3.05, 3.63) is 54.1 Å². The van der Waals surface area contributed by atoms with Crippen LogP contribution in [0.15, 0.2) is 48.6 Å². The first kappa shape index (κ1) is 19.7. The summed E-state index contributed by atoms with van der Waals surface area (Å²) in [6.45, 7) is 0. The molecule has 0 radical (unpaired) electrons. The Balaban J connectivity index is 0.000000279. The zero-order valence-electron chi connectivity index (χ0n) is 14.9. The molecule has 0 amide bonds. The van der Waals surface area contributed by atoms with Crippen molar-refractivity contribution in [3.8, 4) is 5.69 Å². The van der Waals surface area contributed by atoms with E-state index >= 15 is 0 Å². The molecule has 0 aromatic carbocycles. The summed E-state index contributed by atoms with van der Waals surface area (Å²) in [5.74, 6) is -2.76. The molecule has 1 aliphatic rings. The third-order valence-corrected chi connectivity index (χ3v) is 4.38. The van der Waals surface area contributed by atoms with Gasteiger partial charge in [-0.05, 0) is 49.8 Å². The van der Waals surface area contributed by atoms with Gasteiger partial charge in [-0.2, -0.15) is 18.3 Å². The third-order valence-electron chi connectivity index (χ3n) is 4.38. The van der Waals surface area contributed by atoms with Crippen LogP contribution < -0.4 is 0 Å². The first-order chi connectivity index (χ1) is 13.3. The highest BCUT2D eigenvalue weighted by atomic mass is 19.4. The zero-order chi connectivity index (χ0) is 20.1. The van der Waals surface area contributed by atoms with Crippen LogP contribution in [0.5, 0.6) is 0 Å². The Kier molecular flexibility index (Phi) is 5.81. The average molecular weight is 392 g/mol. The maximum atomic E-state index is 10.6. The van der Waals surface area contributed by atoms with Crippen LogP contribution in [0.3, 0.4) is 0 Å². The molecule has 3 heterocycles. The fourth-order valence-corrected chi connectivity index (χ4v) is 3.06. The number of nitrogens with zero attached hydrogens (tertiary/aromatic N) is 3. The molecule has 3 aromatic rings. The van der Waals surface area contributed by atoms with Crippen LogP contribution in [0.25, 0.3) is 16.7 Å². The smallest absolute Gasteiger partial charge is 0.475 e. The van der Waals surface area contributed by atoms with E-state index in [1.54, 1.807) is 5.57 Å². The lowest BCUT2D eigenvalue weighted by Crippen LogP contribution is -2.21. The number of nitrogens with one attached hydrogen (secondary N) is 1. The van der Waals surface area contributed by atoms with Gasteiger partial charge in [0.15, 0.2) is 0 Å². The van der Waals surface area contributed by atoms with Crippen LogP contribution in [0.1, 0.15) is 31.2 Å². The minimum absolute atomic E-state index is 0.902. The van der Waals surface area contributed by atoms with E-state index in [9.17, 15) is 13.2 Å². The Morgan fingerprint density at radius 2 is 2.07 bits per heavy atom. The second-order valence-corrected chi connectivity index (χ2v) is 6.45. The molecule has 0 bridgehead atoms. The lowest BCUT2D eigenvalue weighted by Gasteiger charge is -2.11. The van der Waals surface area contributed by atoms with Crippen LogP contribution >= 0.6 is 0 Å². The fourth-order valence-electron chi connectivity index (χ4n) is 3.06. The van der Waals surface area contributed by atoms with E-state index in [-0.39, 0.29) is 0 Å². The van der Waals surface area contributed by atoms with Gasteiger partial charge >= 0.3 is 12.1 Å². The average Bonchev–Trinajstić information content (AvgIpc) is 3.31. The van der Waals surface area contributed by atoms with E-state index in [1.165, 1.54) is 31.2 Å². The van der Waals surface area contributed by atoms with Gasteiger partial charge in [-0.15, -0.1) is 0 Å². The van der Waals surface area contributed by atoms with Crippen molar-refractivity contribution < 1.29 is 23.1 Å². The molecule has 0 spiro atoms. The summed E-state index contributed by atoms with van der Waals surface area (Å²) in [4.78, 5) is 16.4. The maximum absolute atomic E-state index is 10.6. The summed E-state index contributed by atoms with van der Waals surface area (Å²) in [6.07, 6.45) is 11.3. The van der Waals surface area contributed by atoms with E-state index in [0.717, 1.165) is 23.1 Å². The topological polar surface area (TPSA) is 83.8 Å². The van der Waals surface area contributed by atoms with Gasteiger partial charge in [-0.3, -0.25) is 0 Å². The molecule has 3 aromatic heterocycles. The first-order valence-electron chi connectivity index (χ1n) is 8.78. The normalized spacial score (nSPS) is 14.3. The van der Waals surface area contributed by atoms with Crippen molar-refractivity contribution in [3.63, 3.8) is 0 Å². The highest BCUT2D eigenvalue weighted by Crippen LogP contribution is 2.23. The molecule has 1 aliphatic carbocycles. The number of carboxylic acids is 1. The van der Waals surface area contributed by atoms with Gasteiger partial charge in [0.25, 0.3) is 0 Å². The van der Waals surface area contributed by atoms with Gasteiger partial charge in [0.05, 0.1) is 11.9 Å². The van der Waals surface area contributed by atoms with Crippen molar-refractivity contribution in [1.82, 2.24) is 19.7 Å². The lowest BCUT2D eigenvalue weighted by molar-refractivity contribution is -0.192. The molecule has 28 heavy (non-hydrogen) atoms. The number of carboxylic acid groups (broad SMARTS) is 1. The summed E-state index contributed by atoms with van der Waals surface area (Å²) in [5, 5.41) is 12.8. The SMILES string of the molecule is C1=C(Cc2cnn(-c3ccnc4[nH]ccc34)c2)CCCC1.O=C(O)C(F)(F)F. The number of carbonyl (C=O) groups is 1. The Bertz CT molecular complexity index is 988. The molecule has 0 unspecified atom stereocenters. The molecule has 0 atom stereocenters. The molecule has 4 rings (SSSR count). The number of hydrogen-bond acceptors (Lipinski definition) is 3. The number of alkyl halides is 3. The van der Waals surface area contributed by atoms with E-state index in [0.29, 0.717) is 0 Å². The van der Waals surface area contributed by atoms with E-state index in [4.69, 9.17) is 9.90 Å². The Hall–Kier alpha value is -3.10. The summed E-state index contributed by atoms with van der Waals surface area (Å²) in [5.41, 5.74) is 4.82. The summed E-state index contributed by atoms with van der Waals surface area (Å²) >= 11 is 0. The zero-order valence-corrected chi connectivity index (χ0v) is 14.9. The molecule has 0 saturated carbocycles. The van der Waals surface area contributed by atoms with Crippen LogP contribution in [0.2, 0.25) is 0 Å². The highest BCUT2D eigenvalue weighted by Gasteiger charge is 2.38. The van der Waals surface area contributed by atoms with Crippen molar-refractivity contribution >= 4 is 17.0 Å². The molecule has 148 valence electrons. The summed E-state index contributed by atoms with van der Waals surface area (Å²) in [6, 6.07) is 4.05. The summed E-state index contributed by atoms with van der Waals surface area (Å²) < 4.78 is 33.7. The highest BCUT2D eigenvalue weighted by molar-refractivity contribution is 5.84. The predicted molar refractivity (Wildman–Crippen MR) is 97.2 cm³/mol. The van der Waals surface area contributed by atoms with Gasteiger partial charge in [-0.25, -0.2) is 14.5 Å². The van der Waals surface area contributed by atoms with Gasteiger partial charge in [0.1, 0.15) is 5.65 Å². The van der Waals surface area contributed by atoms with E-state index in [1.807, 2.05) is 35.4 Å². The number of fused-ring (bicyclic) bond motifs is 1. The second kappa shape index (κ2) is 8.28. The number of pyridine rings is 1. The van der Waals surface area contributed by atoms with Crippen LogP contribution in [0.4, 0.5) is 13.2 Å². The minimum Gasteiger partial charge on any atom is -0.475 e. The number of halogens is 3. The Morgan fingerprint density at radius 3 is 2.75 bits per heavy atom. The Morgan fingerprint density at radius 1 is 1.29 bits per heavy atom. The number of aromatic amines is 1. The largest absolute Gasteiger partial charge is 0.490 e. The molecule has 0 fully saturated rings. The van der Waals surface area contributed by atoms with Crippen LogP contribution in [-0.2, 0) is 11.2 Å². The maximum Gasteiger partial charge on any atom is 0.490 e. The van der Waals surface area contributed by atoms with Crippen molar-refractivity contribution in [2.75, 3.05) is 0 Å². The predicted octanol–water partition coefficient (Wildman–Crippen LogP) is 4.42. The monoisotopic (exact) mass is 392 g/mol. The molecule has 0 aliphatic heterocycles. The Labute approximate surface area is 158 Å². The number of H-pyrrole nitrogens is 1. The second-order valence-electron chi connectivity index (χ2n) is 6.45. The van der Waals surface area contributed by atoms with Crippen molar-refractivity contribution in [2.45, 2.75) is 38.3 Å². The third kappa shape index (κ3) is 4.79. The van der Waals surface area contributed by atoms with Crippen molar-refractivity contribution in [2.24, 2.45) is 0 Å². The standard InChI is InChI=1S/C17H18N4.C2HF3O2/c1-2-4-13(5-3-1)10-14-11-20-21(12-14)16-7-9-19-17-15(16)6-8-18-17;3-2(4,5)1(6)7/h4,6-9,11-12H,1-3,5,10H2,(H,18,19);(H,6,7). The quantitative estimate of drug-likeness (QED) is 0.646. The molecule has 2 N–H and O–H groups in total. The fraction of sp³-hybridized carbons (Fsp3) is 0.316. The first-order valence-corrected chi connectivity index (χ1v) is 8.78. The van der Waals surface area contributed by atoms with Gasteiger partial charge in [-0.1, -0.05) is 11.6 Å². The van der Waals surface area contributed by atoms with Gasteiger partial charge < -0.3 is 10.1 Å². The van der Waals surface area contributed by atoms with Gasteiger partial charge in [0, 0.05) is 24.0 Å².